The van der Waals surface area contributed by atoms with Crippen LogP contribution >= 0.6 is 0 Å². The molecule has 2 heterocycles. The van der Waals surface area contributed by atoms with Crippen molar-refractivity contribution in [3.05, 3.63) is 78.9 Å². The van der Waals surface area contributed by atoms with Crippen molar-refractivity contribution in [3.63, 3.8) is 0 Å². The highest BCUT2D eigenvalue weighted by atomic mass is 16.5. The molecule has 0 N–H and O–H groups in total. The van der Waals surface area contributed by atoms with Crippen LogP contribution < -0.4 is 9.64 Å². The number of benzene rings is 3. The maximum Gasteiger partial charge on any atom is 0.275 e. The molecule has 5 nitrogen and oxygen atoms in total. The number of hydrogen-bond donors (Lipinski definition) is 0. The second kappa shape index (κ2) is 5.49. The van der Waals surface area contributed by atoms with E-state index in [2.05, 4.69) is 10.1 Å². The van der Waals surface area contributed by atoms with Gasteiger partial charge in [-0.1, -0.05) is 42.5 Å². The molecule has 0 atom stereocenters. The molecule has 0 spiro atoms. The van der Waals surface area contributed by atoms with E-state index in [0.717, 1.165) is 28.4 Å². The number of fused-ring (bicyclic) bond motifs is 2. The van der Waals surface area contributed by atoms with Crippen LogP contribution in [0.3, 0.4) is 0 Å². The average molecular weight is 327 g/mol. The van der Waals surface area contributed by atoms with Crippen LogP contribution in [0.1, 0.15) is 0 Å². The summed E-state index contributed by atoms with van der Waals surface area (Å²) in [6.07, 6.45) is 0. The Hall–Kier alpha value is -3.60. The van der Waals surface area contributed by atoms with E-state index < -0.39 is 0 Å². The van der Waals surface area contributed by atoms with Gasteiger partial charge in [-0.3, -0.25) is 4.90 Å². The Bertz CT molecular complexity index is 998. The minimum atomic E-state index is 0.474. The molecule has 1 aliphatic rings. The number of ether oxygens (including phenoxy) is 1. The van der Waals surface area contributed by atoms with Gasteiger partial charge in [-0.2, -0.15) is 4.98 Å². The van der Waals surface area contributed by atoms with Crippen LogP contribution in [-0.2, 0) is 0 Å². The van der Waals surface area contributed by atoms with Crippen LogP contribution in [0.25, 0.3) is 11.5 Å². The van der Waals surface area contributed by atoms with Gasteiger partial charge in [0.15, 0.2) is 11.5 Å². The molecule has 0 radical (unpaired) electrons. The normalized spacial score (nSPS) is 12.2. The Morgan fingerprint density at radius 1 is 0.680 bits per heavy atom. The molecule has 4 aromatic rings. The summed E-state index contributed by atoms with van der Waals surface area (Å²) >= 11 is 0. The molecular formula is C20H13N3O2. The van der Waals surface area contributed by atoms with Gasteiger partial charge in [0.25, 0.3) is 11.8 Å². The SMILES string of the molecule is c1ccc(-c2nc(N3c4ccccc4Oc4ccccc43)no2)cc1. The van der Waals surface area contributed by atoms with Gasteiger partial charge in [-0.15, -0.1) is 0 Å². The molecule has 3 aromatic carbocycles. The summed E-state index contributed by atoms with van der Waals surface area (Å²) in [6.45, 7) is 0. The van der Waals surface area contributed by atoms with E-state index in [4.69, 9.17) is 9.26 Å². The summed E-state index contributed by atoms with van der Waals surface area (Å²) in [4.78, 5) is 6.54. The third kappa shape index (κ3) is 2.25. The Kier molecular flexibility index (Phi) is 3.03. The molecule has 120 valence electrons. The Morgan fingerprint density at radius 2 is 1.28 bits per heavy atom. The average Bonchev–Trinajstić information content (AvgIpc) is 3.16. The lowest BCUT2D eigenvalue weighted by Crippen LogP contribution is -2.16. The molecule has 0 unspecified atom stereocenters. The lowest BCUT2D eigenvalue weighted by Gasteiger charge is -2.29. The first-order valence-electron chi connectivity index (χ1n) is 7.95. The van der Waals surface area contributed by atoms with Crippen LogP contribution in [0.4, 0.5) is 17.3 Å². The molecule has 0 saturated heterocycles. The van der Waals surface area contributed by atoms with Crippen molar-refractivity contribution in [1.82, 2.24) is 10.1 Å². The summed E-state index contributed by atoms with van der Waals surface area (Å²) < 4.78 is 11.5. The summed E-state index contributed by atoms with van der Waals surface area (Å²) in [6, 6.07) is 25.3. The quantitative estimate of drug-likeness (QED) is 0.439. The summed E-state index contributed by atoms with van der Waals surface area (Å²) in [7, 11) is 0. The molecule has 0 bridgehead atoms. The van der Waals surface area contributed by atoms with Gasteiger partial charge in [-0.25, -0.2) is 0 Å². The Balaban J connectivity index is 1.66. The van der Waals surface area contributed by atoms with Crippen molar-refractivity contribution in [2.24, 2.45) is 0 Å². The van der Waals surface area contributed by atoms with Crippen LogP contribution in [0.2, 0.25) is 0 Å². The van der Waals surface area contributed by atoms with Crippen molar-refractivity contribution in [1.29, 1.82) is 0 Å². The third-order valence-electron chi connectivity index (χ3n) is 4.07. The Morgan fingerprint density at radius 3 is 1.96 bits per heavy atom. The minimum absolute atomic E-state index is 0.474. The fourth-order valence-electron chi connectivity index (χ4n) is 2.92. The second-order valence-corrected chi connectivity index (χ2v) is 5.64. The number of rotatable bonds is 2. The number of anilines is 3. The van der Waals surface area contributed by atoms with E-state index in [1.807, 2.05) is 83.8 Å². The number of aromatic nitrogens is 2. The van der Waals surface area contributed by atoms with Crippen LogP contribution in [-0.4, -0.2) is 10.1 Å². The monoisotopic (exact) mass is 327 g/mol. The zero-order valence-electron chi connectivity index (χ0n) is 13.2. The number of hydrogen-bond acceptors (Lipinski definition) is 5. The van der Waals surface area contributed by atoms with Crippen molar-refractivity contribution in [2.75, 3.05) is 4.90 Å². The largest absolute Gasteiger partial charge is 0.453 e. The molecule has 0 saturated carbocycles. The van der Waals surface area contributed by atoms with E-state index in [-0.39, 0.29) is 0 Å². The number of para-hydroxylation sites is 4. The fraction of sp³-hybridized carbons (Fsp3) is 0. The van der Waals surface area contributed by atoms with Crippen molar-refractivity contribution in [2.45, 2.75) is 0 Å². The first-order chi connectivity index (χ1) is 12.4. The molecule has 0 aliphatic carbocycles. The van der Waals surface area contributed by atoms with Gasteiger partial charge in [0, 0.05) is 5.56 Å². The maximum atomic E-state index is 5.99. The predicted molar refractivity (Wildman–Crippen MR) is 94.5 cm³/mol. The second-order valence-electron chi connectivity index (χ2n) is 5.64. The molecular weight excluding hydrogens is 314 g/mol. The molecule has 1 aliphatic heterocycles. The highest BCUT2D eigenvalue weighted by Crippen LogP contribution is 2.49. The summed E-state index contributed by atoms with van der Waals surface area (Å²) in [5.74, 6) is 2.47. The van der Waals surface area contributed by atoms with Gasteiger partial charge in [0.05, 0.1) is 11.4 Å². The lowest BCUT2D eigenvalue weighted by atomic mass is 10.2. The third-order valence-corrected chi connectivity index (χ3v) is 4.07. The number of nitrogens with zero attached hydrogens (tertiary/aromatic N) is 3. The van der Waals surface area contributed by atoms with E-state index in [1.165, 1.54) is 0 Å². The van der Waals surface area contributed by atoms with E-state index in [1.54, 1.807) is 0 Å². The molecule has 5 heteroatoms. The zero-order valence-corrected chi connectivity index (χ0v) is 13.2. The van der Waals surface area contributed by atoms with Crippen molar-refractivity contribution >= 4 is 17.3 Å². The maximum absolute atomic E-state index is 5.99. The van der Waals surface area contributed by atoms with Crippen molar-refractivity contribution < 1.29 is 9.26 Å². The smallest absolute Gasteiger partial charge is 0.275 e. The van der Waals surface area contributed by atoms with Crippen LogP contribution in [0.15, 0.2) is 83.4 Å². The van der Waals surface area contributed by atoms with E-state index >= 15 is 0 Å². The molecule has 0 amide bonds. The fourth-order valence-corrected chi connectivity index (χ4v) is 2.92. The summed E-state index contributed by atoms with van der Waals surface area (Å²) in [5, 5.41) is 4.20. The molecule has 0 fully saturated rings. The predicted octanol–water partition coefficient (Wildman–Crippen LogP) is 5.31. The zero-order chi connectivity index (χ0) is 16.6. The van der Waals surface area contributed by atoms with Gasteiger partial charge in [-0.05, 0) is 41.6 Å². The highest BCUT2D eigenvalue weighted by Gasteiger charge is 2.28. The standard InChI is InChI=1S/C20H13N3O2/c1-2-8-14(9-3-1)19-21-20(22-25-19)23-15-10-4-6-12-17(15)24-18-13-7-5-11-16(18)23/h1-13H. The lowest BCUT2D eigenvalue weighted by molar-refractivity contribution is 0.430. The van der Waals surface area contributed by atoms with Crippen LogP contribution in [0.5, 0.6) is 11.5 Å². The highest BCUT2D eigenvalue weighted by molar-refractivity contribution is 5.83. The molecule has 5 rings (SSSR count). The first kappa shape index (κ1) is 13.8. The van der Waals surface area contributed by atoms with Crippen LogP contribution in [0, 0.1) is 0 Å². The van der Waals surface area contributed by atoms with Gasteiger partial charge in [0.2, 0.25) is 0 Å². The molecule has 1 aromatic heterocycles. The minimum Gasteiger partial charge on any atom is -0.453 e. The van der Waals surface area contributed by atoms with Crippen molar-refractivity contribution in [3.8, 4) is 23.0 Å². The topological polar surface area (TPSA) is 51.4 Å². The van der Waals surface area contributed by atoms with Gasteiger partial charge < -0.3 is 9.26 Å². The Labute approximate surface area is 144 Å². The van der Waals surface area contributed by atoms with Gasteiger partial charge >= 0.3 is 0 Å². The van der Waals surface area contributed by atoms with Gasteiger partial charge in [0.1, 0.15) is 0 Å². The van der Waals surface area contributed by atoms with E-state index in [9.17, 15) is 0 Å². The summed E-state index contributed by atoms with van der Waals surface area (Å²) in [5.41, 5.74) is 2.64. The molecule has 25 heavy (non-hydrogen) atoms. The first-order valence-corrected chi connectivity index (χ1v) is 7.95. The van der Waals surface area contributed by atoms with E-state index in [0.29, 0.717) is 11.8 Å².